The van der Waals surface area contributed by atoms with Gasteiger partial charge in [0.2, 0.25) is 0 Å². The van der Waals surface area contributed by atoms with Crippen LogP contribution in [-0.4, -0.2) is 24.1 Å². The van der Waals surface area contributed by atoms with Crippen LogP contribution in [0.5, 0.6) is 0 Å². The highest BCUT2D eigenvalue weighted by Gasteiger charge is 2.33. The molecule has 0 saturated carbocycles. The summed E-state index contributed by atoms with van der Waals surface area (Å²) < 4.78 is 11.6. The molecule has 32 heavy (non-hydrogen) atoms. The van der Waals surface area contributed by atoms with Crippen molar-refractivity contribution in [3.63, 3.8) is 0 Å². The molecule has 0 aliphatic carbocycles. The molecule has 174 valence electrons. The lowest BCUT2D eigenvalue weighted by atomic mass is 9.85. The summed E-state index contributed by atoms with van der Waals surface area (Å²) in [5, 5.41) is 0. The molecule has 4 heteroatoms. The van der Waals surface area contributed by atoms with Crippen LogP contribution in [0.1, 0.15) is 98.8 Å². The second-order valence-corrected chi connectivity index (χ2v) is 8.46. The second kappa shape index (κ2) is 14.4. The number of esters is 2. The third-order valence-corrected chi connectivity index (χ3v) is 5.81. The Hall–Kier alpha value is -2.62. The first kappa shape index (κ1) is 25.6. The number of unbranched alkanes of at least 4 members (excludes halogenated alkanes) is 4. The minimum absolute atomic E-state index is 0.227. The Labute approximate surface area is 193 Å². The minimum Gasteiger partial charge on any atom is -0.462 e. The van der Waals surface area contributed by atoms with Crippen LogP contribution in [0, 0.1) is 0 Å². The quantitative estimate of drug-likeness (QED) is 0.215. The molecular weight excluding hydrogens is 400 g/mol. The van der Waals surface area contributed by atoms with Crippen molar-refractivity contribution in [1.29, 1.82) is 0 Å². The Morgan fingerprint density at radius 2 is 1.16 bits per heavy atom. The topological polar surface area (TPSA) is 52.6 Å². The Morgan fingerprint density at radius 1 is 0.656 bits per heavy atom. The lowest BCUT2D eigenvalue weighted by molar-refractivity contribution is -0.0358. The average Bonchev–Trinajstić information content (AvgIpc) is 2.84. The summed E-state index contributed by atoms with van der Waals surface area (Å²) in [6.45, 7) is 4.75. The zero-order valence-electron chi connectivity index (χ0n) is 19.7. The lowest BCUT2D eigenvalue weighted by Crippen LogP contribution is -2.35. The molecule has 4 nitrogen and oxygen atoms in total. The van der Waals surface area contributed by atoms with Crippen LogP contribution in [0.15, 0.2) is 60.7 Å². The molecule has 0 saturated heterocycles. The molecule has 0 unspecified atom stereocenters. The molecule has 2 aromatic rings. The van der Waals surface area contributed by atoms with Gasteiger partial charge in [0.15, 0.2) is 0 Å². The van der Waals surface area contributed by atoms with Gasteiger partial charge in [0, 0.05) is 0 Å². The van der Waals surface area contributed by atoms with Gasteiger partial charge < -0.3 is 9.47 Å². The lowest BCUT2D eigenvalue weighted by Gasteiger charge is -2.34. The van der Waals surface area contributed by atoms with Crippen LogP contribution in [0.25, 0.3) is 0 Å². The predicted molar refractivity (Wildman–Crippen MR) is 129 cm³/mol. The maximum absolute atomic E-state index is 12.9. The maximum atomic E-state index is 12.9. The Morgan fingerprint density at radius 3 is 1.69 bits per heavy atom. The predicted octanol–water partition coefficient (Wildman–Crippen LogP) is 7.38. The summed E-state index contributed by atoms with van der Waals surface area (Å²) in [6.07, 6.45) is 9.56. The summed E-state index contributed by atoms with van der Waals surface area (Å²) in [5.74, 6) is -0.503. The van der Waals surface area contributed by atoms with Gasteiger partial charge in [-0.25, -0.2) is 9.59 Å². The summed E-state index contributed by atoms with van der Waals surface area (Å²) in [7, 11) is 0. The number of hydrogen-bond donors (Lipinski definition) is 0. The summed E-state index contributed by atoms with van der Waals surface area (Å²) in [5.41, 5.74) is 0.774. The number of carbonyl (C=O) groups excluding carboxylic acids is 2. The number of benzene rings is 2. The zero-order valence-corrected chi connectivity index (χ0v) is 19.7. The number of hydrogen-bond acceptors (Lipinski definition) is 4. The van der Waals surface area contributed by atoms with Gasteiger partial charge in [-0.1, -0.05) is 63.1 Å². The molecule has 0 aliphatic heterocycles. The highest BCUT2D eigenvalue weighted by Crippen LogP contribution is 2.33. The van der Waals surface area contributed by atoms with Gasteiger partial charge in [-0.2, -0.15) is 0 Å². The molecule has 0 atom stereocenters. The van der Waals surface area contributed by atoms with Gasteiger partial charge in [0.05, 0.1) is 17.7 Å². The van der Waals surface area contributed by atoms with E-state index in [0.717, 1.165) is 64.2 Å². The maximum Gasteiger partial charge on any atom is 0.338 e. The van der Waals surface area contributed by atoms with Crippen molar-refractivity contribution in [2.24, 2.45) is 0 Å². The first-order chi connectivity index (χ1) is 15.6. The van der Waals surface area contributed by atoms with Gasteiger partial charge in [0.1, 0.15) is 5.60 Å². The molecule has 0 aromatic heterocycles. The van der Waals surface area contributed by atoms with E-state index in [-0.39, 0.29) is 11.9 Å². The van der Waals surface area contributed by atoms with E-state index in [9.17, 15) is 9.59 Å². The third kappa shape index (κ3) is 8.86. The third-order valence-electron chi connectivity index (χ3n) is 5.81. The molecule has 0 heterocycles. The van der Waals surface area contributed by atoms with Gasteiger partial charge in [-0.15, -0.1) is 0 Å². The van der Waals surface area contributed by atoms with Crippen LogP contribution in [0.3, 0.4) is 0 Å². The molecule has 2 rings (SSSR count). The normalized spacial score (nSPS) is 11.2. The molecule has 0 spiro atoms. The largest absolute Gasteiger partial charge is 0.462 e. The monoisotopic (exact) mass is 438 g/mol. The Balaban J connectivity index is 1.88. The number of rotatable bonds is 15. The van der Waals surface area contributed by atoms with E-state index in [2.05, 4.69) is 13.8 Å². The zero-order chi connectivity index (χ0) is 23.1. The molecule has 0 amide bonds. The molecular formula is C28H38O4. The van der Waals surface area contributed by atoms with E-state index in [1.54, 1.807) is 12.1 Å². The molecule has 0 aliphatic rings. The van der Waals surface area contributed by atoms with Crippen molar-refractivity contribution in [3.05, 3.63) is 71.8 Å². The molecule has 0 bridgehead atoms. The van der Waals surface area contributed by atoms with E-state index < -0.39 is 5.60 Å². The van der Waals surface area contributed by atoms with Crippen LogP contribution >= 0.6 is 0 Å². The summed E-state index contributed by atoms with van der Waals surface area (Å²) >= 11 is 0. The van der Waals surface area contributed by atoms with E-state index in [1.165, 1.54) is 0 Å². The number of ether oxygens (including phenoxy) is 2. The Kier molecular flexibility index (Phi) is 11.6. The fourth-order valence-corrected chi connectivity index (χ4v) is 3.90. The van der Waals surface area contributed by atoms with Crippen LogP contribution in [0.2, 0.25) is 0 Å². The van der Waals surface area contributed by atoms with E-state index in [0.29, 0.717) is 17.7 Å². The molecule has 0 fully saturated rings. The van der Waals surface area contributed by atoms with E-state index in [1.807, 2.05) is 48.5 Å². The average molecular weight is 439 g/mol. The van der Waals surface area contributed by atoms with Crippen LogP contribution in [-0.2, 0) is 9.47 Å². The SMILES string of the molecule is CCCCC(CCCC)(CCCCCOC(=O)c1ccccc1)OC(=O)c1ccccc1. The van der Waals surface area contributed by atoms with Crippen molar-refractivity contribution in [2.75, 3.05) is 6.61 Å². The Bertz CT molecular complexity index is 778. The van der Waals surface area contributed by atoms with Gasteiger partial charge in [-0.05, 0) is 75.6 Å². The first-order valence-corrected chi connectivity index (χ1v) is 12.1. The second-order valence-electron chi connectivity index (χ2n) is 8.46. The van der Waals surface area contributed by atoms with Crippen LogP contribution < -0.4 is 0 Å². The standard InChI is InChI=1S/C28H38O4/c1-3-5-20-28(21-6-4-2,32-27(30)25-18-12-8-13-19-25)22-14-9-15-23-31-26(29)24-16-10-7-11-17-24/h7-8,10-13,16-19H,3-6,9,14-15,20-23H2,1-2H3. The smallest absolute Gasteiger partial charge is 0.338 e. The summed E-state index contributed by atoms with van der Waals surface area (Å²) in [6, 6.07) is 18.3. The number of carbonyl (C=O) groups is 2. The molecule has 0 radical (unpaired) electrons. The van der Waals surface area contributed by atoms with Gasteiger partial charge in [-0.3, -0.25) is 0 Å². The van der Waals surface area contributed by atoms with Crippen molar-refractivity contribution in [2.45, 2.75) is 83.7 Å². The highest BCUT2D eigenvalue weighted by molar-refractivity contribution is 5.89. The summed E-state index contributed by atoms with van der Waals surface area (Å²) in [4.78, 5) is 24.9. The first-order valence-electron chi connectivity index (χ1n) is 12.1. The van der Waals surface area contributed by atoms with E-state index >= 15 is 0 Å². The highest BCUT2D eigenvalue weighted by atomic mass is 16.6. The fourth-order valence-electron chi connectivity index (χ4n) is 3.90. The van der Waals surface area contributed by atoms with E-state index in [4.69, 9.17) is 9.47 Å². The van der Waals surface area contributed by atoms with Gasteiger partial charge in [0.25, 0.3) is 0 Å². The van der Waals surface area contributed by atoms with Crippen molar-refractivity contribution in [3.8, 4) is 0 Å². The van der Waals surface area contributed by atoms with Crippen LogP contribution in [0.4, 0.5) is 0 Å². The van der Waals surface area contributed by atoms with Crippen molar-refractivity contribution in [1.82, 2.24) is 0 Å². The van der Waals surface area contributed by atoms with Crippen molar-refractivity contribution >= 4 is 11.9 Å². The molecule has 2 aromatic carbocycles. The fraction of sp³-hybridized carbons (Fsp3) is 0.500. The molecule has 0 N–H and O–H groups in total. The minimum atomic E-state index is -0.417. The van der Waals surface area contributed by atoms with Gasteiger partial charge >= 0.3 is 11.9 Å². The van der Waals surface area contributed by atoms with Crippen molar-refractivity contribution < 1.29 is 19.1 Å².